The largest absolute Gasteiger partial charge is 0.388 e. The number of H-pyrrole nitrogens is 1. The van der Waals surface area contributed by atoms with Crippen LogP contribution in [0.15, 0.2) is 18.2 Å². The van der Waals surface area contributed by atoms with E-state index in [0.717, 1.165) is 0 Å². The quantitative estimate of drug-likeness (QED) is 0.897. The van der Waals surface area contributed by atoms with Gasteiger partial charge in [0.1, 0.15) is 5.82 Å². The van der Waals surface area contributed by atoms with Gasteiger partial charge in [-0.05, 0) is 18.2 Å². The SMILES string of the molecule is CN(CC1(O)CCOCC1)c1nc2ccc(F)cc2[nH]1. The normalized spacial score (nSPS) is 18.4. The Hall–Kier alpha value is -1.66. The number of imidazole rings is 1. The lowest BCUT2D eigenvalue weighted by molar-refractivity contribution is -0.0573. The highest BCUT2D eigenvalue weighted by Crippen LogP contribution is 2.24. The van der Waals surface area contributed by atoms with Crippen molar-refractivity contribution in [3.8, 4) is 0 Å². The van der Waals surface area contributed by atoms with Crippen molar-refractivity contribution >= 4 is 17.0 Å². The fourth-order valence-electron chi connectivity index (χ4n) is 2.57. The highest BCUT2D eigenvalue weighted by Gasteiger charge is 2.31. The van der Waals surface area contributed by atoms with Crippen molar-refractivity contribution in [3.63, 3.8) is 0 Å². The number of ether oxygens (including phenoxy) is 1. The van der Waals surface area contributed by atoms with E-state index >= 15 is 0 Å². The summed E-state index contributed by atoms with van der Waals surface area (Å²) >= 11 is 0. The molecule has 1 aromatic heterocycles. The second-order valence-corrected chi connectivity index (χ2v) is 5.41. The predicted molar refractivity (Wildman–Crippen MR) is 74.3 cm³/mol. The van der Waals surface area contributed by atoms with E-state index in [-0.39, 0.29) is 5.82 Å². The zero-order valence-electron chi connectivity index (χ0n) is 11.4. The molecule has 0 amide bonds. The van der Waals surface area contributed by atoms with Crippen molar-refractivity contribution in [3.05, 3.63) is 24.0 Å². The van der Waals surface area contributed by atoms with E-state index in [0.29, 0.717) is 49.6 Å². The predicted octanol–water partition coefficient (Wildman–Crippen LogP) is 1.68. The molecule has 5 nitrogen and oxygen atoms in total. The fourth-order valence-corrected chi connectivity index (χ4v) is 2.57. The first kappa shape index (κ1) is 13.3. The number of hydrogen-bond acceptors (Lipinski definition) is 4. The molecule has 0 spiro atoms. The van der Waals surface area contributed by atoms with Crippen LogP contribution in [0, 0.1) is 5.82 Å². The average Bonchev–Trinajstić information content (AvgIpc) is 2.82. The maximum absolute atomic E-state index is 13.2. The first-order chi connectivity index (χ1) is 9.56. The Balaban J connectivity index is 1.79. The lowest BCUT2D eigenvalue weighted by atomic mass is 9.94. The molecular formula is C14H18FN3O2. The Morgan fingerprint density at radius 3 is 2.95 bits per heavy atom. The van der Waals surface area contributed by atoms with E-state index in [1.807, 2.05) is 11.9 Å². The lowest BCUT2D eigenvalue weighted by Crippen LogP contribution is -2.46. The molecule has 0 aliphatic carbocycles. The number of benzene rings is 1. The summed E-state index contributed by atoms with van der Waals surface area (Å²) in [6.07, 6.45) is 1.23. The van der Waals surface area contributed by atoms with Crippen LogP contribution >= 0.6 is 0 Å². The summed E-state index contributed by atoms with van der Waals surface area (Å²) in [5.41, 5.74) is 0.620. The Kier molecular flexibility index (Phi) is 3.35. The van der Waals surface area contributed by atoms with Crippen molar-refractivity contribution in [2.45, 2.75) is 18.4 Å². The lowest BCUT2D eigenvalue weighted by Gasteiger charge is -2.35. The number of hydrogen-bond donors (Lipinski definition) is 2. The van der Waals surface area contributed by atoms with Crippen molar-refractivity contribution < 1.29 is 14.2 Å². The van der Waals surface area contributed by atoms with E-state index in [1.165, 1.54) is 12.1 Å². The molecule has 1 aliphatic rings. The Bertz CT molecular complexity index is 607. The Labute approximate surface area is 116 Å². The van der Waals surface area contributed by atoms with Gasteiger partial charge in [0.15, 0.2) is 0 Å². The molecule has 0 bridgehead atoms. The van der Waals surface area contributed by atoms with Crippen LogP contribution in [-0.2, 0) is 4.74 Å². The van der Waals surface area contributed by atoms with Gasteiger partial charge < -0.3 is 19.7 Å². The van der Waals surface area contributed by atoms with Gasteiger partial charge in [0.05, 0.1) is 16.6 Å². The summed E-state index contributed by atoms with van der Waals surface area (Å²) in [5.74, 6) is 0.337. The van der Waals surface area contributed by atoms with Gasteiger partial charge in [0.25, 0.3) is 0 Å². The van der Waals surface area contributed by atoms with Crippen molar-refractivity contribution in [1.29, 1.82) is 0 Å². The number of nitrogens with one attached hydrogen (secondary N) is 1. The van der Waals surface area contributed by atoms with Crippen LogP contribution in [0.4, 0.5) is 10.3 Å². The zero-order valence-corrected chi connectivity index (χ0v) is 11.4. The molecule has 1 aromatic carbocycles. The number of halogens is 1. The van der Waals surface area contributed by atoms with E-state index < -0.39 is 5.60 Å². The minimum absolute atomic E-state index is 0.293. The second kappa shape index (κ2) is 5.03. The van der Waals surface area contributed by atoms with Gasteiger partial charge in [0, 0.05) is 39.6 Å². The summed E-state index contributed by atoms with van der Waals surface area (Å²) in [6.45, 7) is 1.63. The van der Waals surface area contributed by atoms with Crippen LogP contribution < -0.4 is 4.90 Å². The summed E-state index contributed by atoms with van der Waals surface area (Å²) in [5, 5.41) is 10.5. The number of aromatic nitrogens is 2. The van der Waals surface area contributed by atoms with Gasteiger partial charge in [-0.1, -0.05) is 0 Å². The molecule has 1 fully saturated rings. The molecule has 3 rings (SSSR count). The minimum atomic E-state index is -0.753. The van der Waals surface area contributed by atoms with Crippen LogP contribution in [0.3, 0.4) is 0 Å². The maximum atomic E-state index is 13.2. The van der Waals surface area contributed by atoms with Crippen LogP contribution in [-0.4, -0.2) is 47.5 Å². The maximum Gasteiger partial charge on any atom is 0.203 e. The van der Waals surface area contributed by atoms with Gasteiger partial charge in [-0.3, -0.25) is 0 Å². The van der Waals surface area contributed by atoms with Crippen molar-refractivity contribution in [2.75, 3.05) is 31.7 Å². The highest BCUT2D eigenvalue weighted by molar-refractivity contribution is 5.77. The first-order valence-electron chi connectivity index (χ1n) is 6.72. The number of aliphatic hydroxyl groups is 1. The molecule has 0 radical (unpaired) electrons. The molecule has 6 heteroatoms. The molecular weight excluding hydrogens is 261 g/mol. The second-order valence-electron chi connectivity index (χ2n) is 5.41. The van der Waals surface area contributed by atoms with Gasteiger partial charge in [-0.25, -0.2) is 9.37 Å². The number of anilines is 1. The number of rotatable bonds is 3. The third-order valence-corrected chi connectivity index (χ3v) is 3.75. The molecule has 0 unspecified atom stereocenters. The van der Waals surface area contributed by atoms with Crippen LogP contribution in [0.1, 0.15) is 12.8 Å². The molecule has 1 saturated heterocycles. The van der Waals surface area contributed by atoms with Crippen LogP contribution in [0.2, 0.25) is 0 Å². The Morgan fingerprint density at radius 1 is 1.45 bits per heavy atom. The first-order valence-corrected chi connectivity index (χ1v) is 6.72. The van der Waals surface area contributed by atoms with Crippen molar-refractivity contribution in [1.82, 2.24) is 9.97 Å². The average molecular weight is 279 g/mol. The van der Waals surface area contributed by atoms with Gasteiger partial charge in [-0.2, -0.15) is 0 Å². The smallest absolute Gasteiger partial charge is 0.203 e. The molecule has 0 atom stereocenters. The Morgan fingerprint density at radius 2 is 2.20 bits per heavy atom. The minimum Gasteiger partial charge on any atom is -0.388 e. The van der Waals surface area contributed by atoms with E-state index in [2.05, 4.69) is 9.97 Å². The molecule has 0 saturated carbocycles. The van der Waals surface area contributed by atoms with Gasteiger partial charge in [0.2, 0.25) is 5.95 Å². The molecule has 2 N–H and O–H groups in total. The van der Waals surface area contributed by atoms with Gasteiger partial charge in [-0.15, -0.1) is 0 Å². The number of likely N-dealkylation sites (N-methyl/N-ethyl adjacent to an activating group) is 1. The summed E-state index contributed by atoms with van der Waals surface area (Å²) in [7, 11) is 1.86. The number of aromatic amines is 1. The van der Waals surface area contributed by atoms with Gasteiger partial charge >= 0.3 is 0 Å². The number of nitrogens with zero attached hydrogens (tertiary/aromatic N) is 2. The van der Waals surface area contributed by atoms with Crippen molar-refractivity contribution in [2.24, 2.45) is 0 Å². The molecule has 108 valence electrons. The van der Waals surface area contributed by atoms with Crippen LogP contribution in [0.25, 0.3) is 11.0 Å². The number of fused-ring (bicyclic) bond motifs is 1. The third kappa shape index (κ3) is 2.62. The molecule has 20 heavy (non-hydrogen) atoms. The monoisotopic (exact) mass is 279 g/mol. The highest BCUT2D eigenvalue weighted by atomic mass is 19.1. The summed E-state index contributed by atoms with van der Waals surface area (Å²) in [6, 6.07) is 4.45. The fraction of sp³-hybridized carbons (Fsp3) is 0.500. The summed E-state index contributed by atoms with van der Waals surface area (Å²) < 4.78 is 18.4. The topological polar surface area (TPSA) is 61.4 Å². The standard InChI is InChI=1S/C14H18FN3O2/c1-18(9-14(19)4-6-20-7-5-14)13-16-11-3-2-10(15)8-12(11)17-13/h2-3,8,19H,4-7,9H2,1H3,(H,16,17). The van der Waals surface area contributed by atoms with Crippen LogP contribution in [0.5, 0.6) is 0 Å². The van der Waals surface area contributed by atoms with E-state index in [9.17, 15) is 9.50 Å². The summed E-state index contributed by atoms with van der Waals surface area (Å²) in [4.78, 5) is 9.35. The molecule has 1 aliphatic heterocycles. The zero-order chi connectivity index (χ0) is 14.2. The third-order valence-electron chi connectivity index (χ3n) is 3.75. The molecule has 2 heterocycles. The molecule has 2 aromatic rings. The van der Waals surface area contributed by atoms with E-state index in [4.69, 9.17) is 4.74 Å². The van der Waals surface area contributed by atoms with E-state index in [1.54, 1.807) is 6.07 Å².